The largest absolute Gasteiger partial charge is 0.395 e. The zero-order chi connectivity index (χ0) is 22.5. The van der Waals surface area contributed by atoms with Gasteiger partial charge in [0.15, 0.2) is 0 Å². The molecule has 1 aliphatic rings. The van der Waals surface area contributed by atoms with E-state index in [1.807, 2.05) is 0 Å². The first-order chi connectivity index (χ1) is 15.3. The highest BCUT2D eigenvalue weighted by Gasteiger charge is 2.42. The number of nitrogens with zero attached hydrogens (tertiary/aromatic N) is 5. The van der Waals surface area contributed by atoms with E-state index >= 15 is 0 Å². The molecule has 0 spiro atoms. The Balaban J connectivity index is 1.40. The van der Waals surface area contributed by atoms with Gasteiger partial charge in [-0.15, -0.1) is 11.3 Å². The lowest BCUT2D eigenvalue weighted by Gasteiger charge is -2.30. The molecule has 1 N–H and O–H groups in total. The Hall–Kier alpha value is -3.15. The number of aromatic nitrogens is 4. The number of fused-ring (bicyclic) bond motifs is 2. The Bertz CT molecular complexity index is 1410. The predicted octanol–water partition coefficient (Wildman–Crippen LogP) is 1.92. The first kappa shape index (κ1) is 20.7. The molecule has 1 aromatic carbocycles. The minimum Gasteiger partial charge on any atom is -0.395 e. The van der Waals surface area contributed by atoms with Gasteiger partial charge in [0, 0.05) is 24.5 Å². The number of benzene rings is 1. The number of carbonyl (C=O) groups excluding carboxylic acids is 1. The first-order valence-electron chi connectivity index (χ1n) is 9.81. The van der Waals surface area contributed by atoms with Crippen LogP contribution >= 0.6 is 11.3 Å². The van der Waals surface area contributed by atoms with Gasteiger partial charge in [-0.3, -0.25) is 9.78 Å². The van der Waals surface area contributed by atoms with E-state index in [1.165, 1.54) is 23.6 Å². The molecule has 0 saturated carbocycles. The van der Waals surface area contributed by atoms with Crippen LogP contribution in [0.4, 0.5) is 0 Å². The SMILES string of the molecule is CC(CO)(C(=O)N1Cc2cn(S(=O)(=O)c3ccc4ncsc4c3)nc2C1)c1ccccn1. The van der Waals surface area contributed by atoms with Crippen molar-refractivity contribution in [2.45, 2.75) is 30.3 Å². The summed E-state index contributed by atoms with van der Waals surface area (Å²) < 4.78 is 27.9. The fourth-order valence-electron chi connectivity index (χ4n) is 3.79. The second-order valence-corrected chi connectivity index (χ2v) is 10.5. The number of aliphatic hydroxyl groups excluding tert-OH is 1. The summed E-state index contributed by atoms with van der Waals surface area (Å²) in [6.45, 7) is 1.62. The van der Waals surface area contributed by atoms with E-state index < -0.39 is 22.0 Å². The monoisotopic (exact) mass is 469 g/mol. The Morgan fingerprint density at radius 2 is 2.06 bits per heavy atom. The van der Waals surface area contributed by atoms with Gasteiger partial charge in [0.05, 0.1) is 45.2 Å². The number of carbonyl (C=O) groups is 1. The van der Waals surface area contributed by atoms with Crippen molar-refractivity contribution in [3.8, 4) is 0 Å². The van der Waals surface area contributed by atoms with Crippen molar-refractivity contribution in [2.75, 3.05) is 6.61 Å². The normalized spacial score (nSPS) is 15.6. The summed E-state index contributed by atoms with van der Waals surface area (Å²) >= 11 is 1.37. The molecular weight excluding hydrogens is 450 g/mol. The molecule has 4 aromatic rings. The summed E-state index contributed by atoms with van der Waals surface area (Å²) in [5, 5.41) is 14.2. The third kappa shape index (κ3) is 3.20. The number of aliphatic hydroxyl groups is 1. The number of hydrogen-bond donors (Lipinski definition) is 1. The van der Waals surface area contributed by atoms with E-state index in [1.54, 1.807) is 53.9 Å². The van der Waals surface area contributed by atoms with Crippen LogP contribution in [0.25, 0.3) is 10.2 Å². The molecule has 1 amide bonds. The number of rotatable bonds is 5. The molecular formula is C21H19N5O4S2. The van der Waals surface area contributed by atoms with E-state index in [0.29, 0.717) is 17.0 Å². The lowest BCUT2D eigenvalue weighted by molar-refractivity contribution is -0.139. The second kappa shape index (κ2) is 7.47. The second-order valence-electron chi connectivity index (χ2n) is 7.83. The van der Waals surface area contributed by atoms with Crippen molar-refractivity contribution in [2.24, 2.45) is 0 Å². The molecule has 5 rings (SSSR count). The van der Waals surface area contributed by atoms with Crippen LogP contribution in [0.5, 0.6) is 0 Å². The molecule has 0 aliphatic carbocycles. The molecule has 1 aliphatic heterocycles. The highest BCUT2D eigenvalue weighted by Crippen LogP contribution is 2.31. The van der Waals surface area contributed by atoms with Gasteiger partial charge in [0.2, 0.25) is 5.91 Å². The van der Waals surface area contributed by atoms with E-state index in [0.717, 1.165) is 14.3 Å². The fraction of sp³-hybridized carbons (Fsp3) is 0.238. The maximum atomic E-state index is 13.2. The van der Waals surface area contributed by atoms with Crippen LogP contribution in [0, 0.1) is 0 Å². The van der Waals surface area contributed by atoms with Gasteiger partial charge < -0.3 is 10.0 Å². The zero-order valence-electron chi connectivity index (χ0n) is 17.0. The van der Waals surface area contributed by atoms with Gasteiger partial charge in [-0.2, -0.15) is 17.6 Å². The van der Waals surface area contributed by atoms with Crippen molar-refractivity contribution in [3.05, 3.63) is 71.3 Å². The average Bonchev–Trinajstić information content (AvgIpc) is 3.52. The van der Waals surface area contributed by atoms with E-state index in [9.17, 15) is 18.3 Å². The van der Waals surface area contributed by atoms with Crippen LogP contribution in [0.1, 0.15) is 23.9 Å². The van der Waals surface area contributed by atoms with Gasteiger partial charge in [-0.05, 0) is 37.3 Å². The van der Waals surface area contributed by atoms with E-state index in [-0.39, 0.29) is 23.9 Å². The molecule has 1 unspecified atom stereocenters. The standard InChI is InChI=1S/C21H19N5O4S2/c1-21(12-27,19-4-2-3-7-22-19)20(28)25-9-14-10-26(24-17(14)11-25)32(29,30)15-5-6-16-18(8-15)31-13-23-16/h2-8,10,13,27H,9,11-12H2,1H3. The molecule has 0 bridgehead atoms. The van der Waals surface area contributed by atoms with Crippen molar-refractivity contribution in [1.29, 1.82) is 0 Å². The average molecular weight is 470 g/mol. The lowest BCUT2D eigenvalue weighted by Crippen LogP contribution is -2.46. The smallest absolute Gasteiger partial charge is 0.283 e. The maximum absolute atomic E-state index is 13.2. The van der Waals surface area contributed by atoms with Crippen LogP contribution in [0.2, 0.25) is 0 Å². The van der Waals surface area contributed by atoms with Crippen LogP contribution in [-0.2, 0) is 33.3 Å². The van der Waals surface area contributed by atoms with Crippen LogP contribution < -0.4 is 0 Å². The van der Waals surface area contributed by atoms with Crippen LogP contribution in [-0.4, -0.2) is 50.1 Å². The summed E-state index contributed by atoms with van der Waals surface area (Å²) in [4.78, 5) is 23.3. The molecule has 0 fully saturated rings. The molecule has 164 valence electrons. The first-order valence-corrected chi connectivity index (χ1v) is 12.1. The third-order valence-corrected chi connectivity index (χ3v) is 8.03. The van der Waals surface area contributed by atoms with Gasteiger partial charge in [-0.25, -0.2) is 4.98 Å². The van der Waals surface area contributed by atoms with Crippen molar-refractivity contribution in [1.82, 2.24) is 24.1 Å². The number of thiazole rings is 1. The van der Waals surface area contributed by atoms with Crippen LogP contribution in [0.3, 0.4) is 0 Å². The van der Waals surface area contributed by atoms with Crippen molar-refractivity contribution < 1.29 is 18.3 Å². The highest BCUT2D eigenvalue weighted by molar-refractivity contribution is 7.89. The quantitative estimate of drug-likeness (QED) is 0.474. The van der Waals surface area contributed by atoms with Crippen molar-refractivity contribution >= 4 is 37.5 Å². The summed E-state index contributed by atoms with van der Waals surface area (Å²) in [5.41, 5.74) is 2.86. The summed E-state index contributed by atoms with van der Waals surface area (Å²) in [7, 11) is -3.87. The lowest BCUT2D eigenvalue weighted by atomic mass is 9.85. The highest BCUT2D eigenvalue weighted by atomic mass is 32.2. The molecule has 1 atom stereocenters. The number of amides is 1. The summed E-state index contributed by atoms with van der Waals surface area (Å²) in [6, 6.07) is 9.98. The maximum Gasteiger partial charge on any atom is 0.283 e. The Morgan fingerprint density at radius 3 is 2.78 bits per heavy atom. The fourth-order valence-corrected chi connectivity index (χ4v) is 5.78. The minimum atomic E-state index is -3.87. The number of hydrogen-bond acceptors (Lipinski definition) is 8. The Kier molecular flexibility index (Phi) is 4.84. The van der Waals surface area contributed by atoms with E-state index in [2.05, 4.69) is 15.1 Å². The molecule has 32 heavy (non-hydrogen) atoms. The van der Waals surface area contributed by atoms with Gasteiger partial charge in [-0.1, -0.05) is 6.07 Å². The summed E-state index contributed by atoms with van der Waals surface area (Å²) in [6.07, 6.45) is 3.03. The predicted molar refractivity (Wildman–Crippen MR) is 117 cm³/mol. The van der Waals surface area contributed by atoms with Crippen LogP contribution in [0.15, 0.2) is 59.2 Å². The molecule has 9 nitrogen and oxygen atoms in total. The molecule has 3 aromatic heterocycles. The molecule has 11 heteroatoms. The number of pyridine rings is 1. The summed E-state index contributed by atoms with van der Waals surface area (Å²) in [5.74, 6) is -0.290. The molecule has 0 saturated heterocycles. The van der Waals surface area contributed by atoms with Gasteiger partial charge in [0.25, 0.3) is 10.0 Å². The topological polar surface area (TPSA) is 118 Å². The minimum absolute atomic E-state index is 0.131. The zero-order valence-corrected chi connectivity index (χ0v) is 18.7. The van der Waals surface area contributed by atoms with Gasteiger partial charge >= 0.3 is 0 Å². The van der Waals surface area contributed by atoms with Gasteiger partial charge in [0.1, 0.15) is 5.41 Å². The van der Waals surface area contributed by atoms with E-state index in [4.69, 9.17) is 0 Å². The molecule has 4 heterocycles. The third-order valence-electron chi connectivity index (χ3n) is 5.71. The Morgan fingerprint density at radius 1 is 1.22 bits per heavy atom. The Labute approximate surface area is 188 Å². The van der Waals surface area contributed by atoms with Crippen molar-refractivity contribution in [3.63, 3.8) is 0 Å². The molecule has 0 radical (unpaired) electrons.